The van der Waals surface area contributed by atoms with Crippen LogP contribution in [0.2, 0.25) is 0 Å². The number of nitrogens with one attached hydrogen (secondary N) is 1. The van der Waals surface area contributed by atoms with Crippen LogP contribution in [0.1, 0.15) is 5.56 Å². The van der Waals surface area contributed by atoms with Gasteiger partial charge in [0.1, 0.15) is 0 Å². The Balaban J connectivity index is 1.95. The quantitative estimate of drug-likeness (QED) is 0.753. The van der Waals surface area contributed by atoms with Crippen LogP contribution in [-0.4, -0.2) is 14.8 Å². The lowest BCUT2D eigenvalue weighted by Gasteiger charge is -1.94. The molecule has 0 spiro atoms. The van der Waals surface area contributed by atoms with E-state index in [1.165, 1.54) is 10.3 Å². The number of fused-ring (bicyclic) bond motifs is 1. The molecule has 4 nitrogen and oxygen atoms in total. The highest BCUT2D eigenvalue weighted by Gasteiger charge is 2.05. The molecule has 0 unspecified atom stereocenters. The zero-order valence-corrected chi connectivity index (χ0v) is 10.5. The standard InChI is InChI=1S/C12H12N4S/c1-8-3-4-9-10(7-8)17-12(13-9)14-11-5-6-16(2)15-11/h3-7H,1-2H3,(H,13,14,15). The summed E-state index contributed by atoms with van der Waals surface area (Å²) in [6, 6.07) is 8.20. The lowest BCUT2D eigenvalue weighted by molar-refractivity contribution is 0.771. The highest BCUT2D eigenvalue weighted by atomic mass is 32.1. The van der Waals surface area contributed by atoms with Crippen LogP contribution >= 0.6 is 11.3 Å². The van der Waals surface area contributed by atoms with E-state index in [1.54, 1.807) is 16.0 Å². The van der Waals surface area contributed by atoms with Crippen molar-refractivity contribution in [2.75, 3.05) is 5.32 Å². The summed E-state index contributed by atoms with van der Waals surface area (Å²) in [6.07, 6.45) is 1.90. The molecule has 0 fully saturated rings. The fourth-order valence-electron chi connectivity index (χ4n) is 1.68. The summed E-state index contributed by atoms with van der Waals surface area (Å²) < 4.78 is 2.96. The monoisotopic (exact) mass is 244 g/mol. The van der Waals surface area contributed by atoms with Crippen LogP contribution in [0.4, 0.5) is 10.9 Å². The largest absolute Gasteiger partial charge is 0.315 e. The summed E-state index contributed by atoms with van der Waals surface area (Å²) in [5.74, 6) is 0.822. The summed E-state index contributed by atoms with van der Waals surface area (Å²) in [5.41, 5.74) is 2.28. The fraction of sp³-hybridized carbons (Fsp3) is 0.167. The molecule has 5 heteroatoms. The third-order valence-electron chi connectivity index (χ3n) is 2.49. The van der Waals surface area contributed by atoms with Gasteiger partial charge in [-0.15, -0.1) is 0 Å². The van der Waals surface area contributed by atoms with E-state index in [0.717, 1.165) is 16.5 Å². The van der Waals surface area contributed by atoms with E-state index < -0.39 is 0 Å². The van der Waals surface area contributed by atoms with Crippen molar-refractivity contribution in [1.82, 2.24) is 14.8 Å². The molecule has 3 rings (SSSR count). The molecule has 2 aromatic heterocycles. The Labute approximate surface area is 103 Å². The SMILES string of the molecule is Cc1ccc2nc(Nc3ccn(C)n3)sc2c1. The van der Waals surface area contributed by atoms with Crippen molar-refractivity contribution in [2.24, 2.45) is 7.05 Å². The van der Waals surface area contributed by atoms with Gasteiger partial charge >= 0.3 is 0 Å². The highest BCUT2D eigenvalue weighted by molar-refractivity contribution is 7.22. The maximum absolute atomic E-state index is 4.52. The Kier molecular flexibility index (Phi) is 2.33. The summed E-state index contributed by atoms with van der Waals surface area (Å²) >= 11 is 1.64. The Morgan fingerprint density at radius 3 is 2.94 bits per heavy atom. The molecular weight excluding hydrogens is 232 g/mol. The van der Waals surface area contributed by atoms with Crippen molar-refractivity contribution >= 4 is 32.5 Å². The number of hydrogen-bond donors (Lipinski definition) is 1. The molecule has 1 aromatic carbocycles. The Morgan fingerprint density at radius 2 is 2.18 bits per heavy atom. The van der Waals surface area contributed by atoms with Crippen molar-refractivity contribution in [3.8, 4) is 0 Å². The second kappa shape index (κ2) is 3.85. The molecule has 0 aliphatic rings. The molecule has 0 aliphatic heterocycles. The third-order valence-corrected chi connectivity index (χ3v) is 3.43. The number of aromatic nitrogens is 3. The molecule has 0 amide bonds. The van der Waals surface area contributed by atoms with Gasteiger partial charge in [-0.05, 0) is 24.6 Å². The Hall–Kier alpha value is -1.88. The van der Waals surface area contributed by atoms with Crippen molar-refractivity contribution in [3.05, 3.63) is 36.0 Å². The molecule has 2 heterocycles. The van der Waals surface area contributed by atoms with E-state index in [1.807, 2.05) is 25.4 Å². The van der Waals surface area contributed by atoms with Gasteiger partial charge in [-0.2, -0.15) is 5.10 Å². The van der Waals surface area contributed by atoms with E-state index in [0.29, 0.717) is 0 Å². The van der Waals surface area contributed by atoms with Crippen LogP contribution in [0, 0.1) is 6.92 Å². The molecule has 0 saturated carbocycles. The number of thiazole rings is 1. The van der Waals surface area contributed by atoms with Gasteiger partial charge in [-0.3, -0.25) is 4.68 Å². The first-order valence-corrected chi connectivity index (χ1v) is 6.16. The molecule has 0 bridgehead atoms. The molecule has 86 valence electrons. The van der Waals surface area contributed by atoms with Gasteiger partial charge in [0.05, 0.1) is 10.2 Å². The Morgan fingerprint density at radius 1 is 1.29 bits per heavy atom. The van der Waals surface area contributed by atoms with Crippen LogP contribution in [0.5, 0.6) is 0 Å². The van der Waals surface area contributed by atoms with Crippen molar-refractivity contribution < 1.29 is 0 Å². The summed E-state index contributed by atoms with van der Waals surface area (Å²) in [5, 5.41) is 8.35. The number of rotatable bonds is 2. The van der Waals surface area contributed by atoms with Gasteiger partial charge < -0.3 is 5.32 Å². The number of nitrogens with zero attached hydrogens (tertiary/aromatic N) is 3. The van der Waals surface area contributed by atoms with Gasteiger partial charge in [-0.1, -0.05) is 17.4 Å². The Bertz CT molecular complexity index is 668. The van der Waals surface area contributed by atoms with Gasteiger partial charge in [0.15, 0.2) is 10.9 Å². The van der Waals surface area contributed by atoms with Crippen molar-refractivity contribution in [2.45, 2.75) is 6.92 Å². The van der Waals surface area contributed by atoms with Gasteiger partial charge in [0.2, 0.25) is 0 Å². The first-order chi connectivity index (χ1) is 8.20. The van der Waals surface area contributed by atoms with Gasteiger partial charge in [0.25, 0.3) is 0 Å². The molecule has 3 aromatic rings. The zero-order chi connectivity index (χ0) is 11.8. The summed E-state index contributed by atoms with van der Waals surface area (Å²) in [7, 11) is 1.90. The van der Waals surface area contributed by atoms with E-state index >= 15 is 0 Å². The summed E-state index contributed by atoms with van der Waals surface area (Å²) in [6.45, 7) is 2.09. The second-order valence-electron chi connectivity index (χ2n) is 3.99. The lowest BCUT2D eigenvalue weighted by Crippen LogP contribution is -1.92. The van der Waals surface area contributed by atoms with E-state index in [4.69, 9.17) is 0 Å². The second-order valence-corrected chi connectivity index (χ2v) is 5.02. The van der Waals surface area contributed by atoms with Crippen LogP contribution in [0.3, 0.4) is 0 Å². The summed E-state index contributed by atoms with van der Waals surface area (Å²) in [4.78, 5) is 4.52. The topological polar surface area (TPSA) is 42.7 Å². The third kappa shape index (κ3) is 2.01. The molecular formula is C12H12N4S. The predicted octanol–water partition coefficient (Wildman–Crippen LogP) is 3.08. The van der Waals surface area contributed by atoms with E-state index in [9.17, 15) is 0 Å². The first kappa shape index (κ1) is 10.3. The van der Waals surface area contributed by atoms with E-state index in [-0.39, 0.29) is 0 Å². The average Bonchev–Trinajstić information content (AvgIpc) is 2.84. The highest BCUT2D eigenvalue weighted by Crippen LogP contribution is 2.28. The average molecular weight is 244 g/mol. The van der Waals surface area contributed by atoms with Crippen molar-refractivity contribution in [1.29, 1.82) is 0 Å². The maximum Gasteiger partial charge on any atom is 0.189 e. The lowest BCUT2D eigenvalue weighted by atomic mass is 10.2. The maximum atomic E-state index is 4.52. The molecule has 1 N–H and O–H groups in total. The number of anilines is 2. The number of aryl methyl sites for hydroxylation is 2. The molecule has 0 atom stereocenters. The van der Waals surface area contributed by atoms with Gasteiger partial charge in [0, 0.05) is 19.3 Å². The minimum absolute atomic E-state index is 0.822. The van der Waals surface area contributed by atoms with Crippen LogP contribution in [-0.2, 0) is 7.05 Å². The fourth-order valence-corrected chi connectivity index (χ4v) is 2.65. The molecule has 0 saturated heterocycles. The molecule has 17 heavy (non-hydrogen) atoms. The first-order valence-electron chi connectivity index (χ1n) is 5.34. The van der Waals surface area contributed by atoms with E-state index in [2.05, 4.69) is 34.5 Å². The van der Waals surface area contributed by atoms with Crippen LogP contribution < -0.4 is 5.32 Å². The smallest absolute Gasteiger partial charge is 0.189 e. The normalized spacial score (nSPS) is 10.9. The number of hydrogen-bond acceptors (Lipinski definition) is 4. The minimum atomic E-state index is 0.822. The van der Waals surface area contributed by atoms with Gasteiger partial charge in [-0.25, -0.2) is 4.98 Å². The molecule has 0 aliphatic carbocycles. The van der Waals surface area contributed by atoms with Crippen molar-refractivity contribution in [3.63, 3.8) is 0 Å². The minimum Gasteiger partial charge on any atom is -0.315 e. The zero-order valence-electron chi connectivity index (χ0n) is 9.64. The predicted molar refractivity (Wildman–Crippen MR) is 70.8 cm³/mol. The number of benzene rings is 1. The molecule has 0 radical (unpaired) electrons. The van der Waals surface area contributed by atoms with Crippen LogP contribution in [0.25, 0.3) is 10.2 Å². The van der Waals surface area contributed by atoms with Crippen LogP contribution in [0.15, 0.2) is 30.5 Å².